The standard InChI is InChI=1S/C26H36ClN3O4S/c1-6-20(3)28-26(32)21(4)29(18-22-12-14-23(27)15-13-22)25(31)11-8-16-30(35(5,33)34)24-10-7-9-19(2)17-24/h7,9-10,12-15,17,20-21H,6,8,11,16,18H2,1-5H3,(H,28,32)/t20-,21+/m0/s1. The highest BCUT2D eigenvalue weighted by Gasteiger charge is 2.27. The first kappa shape index (κ1) is 28.7. The molecule has 2 atom stereocenters. The van der Waals surface area contributed by atoms with Crippen LogP contribution in [-0.4, -0.2) is 50.0 Å². The number of carbonyl (C=O) groups is 2. The fourth-order valence-corrected chi connectivity index (χ4v) is 4.70. The molecular weight excluding hydrogens is 486 g/mol. The lowest BCUT2D eigenvalue weighted by Crippen LogP contribution is -2.49. The molecule has 0 aliphatic carbocycles. The van der Waals surface area contributed by atoms with Crippen molar-refractivity contribution >= 4 is 39.1 Å². The van der Waals surface area contributed by atoms with Gasteiger partial charge < -0.3 is 10.2 Å². The molecule has 0 aromatic heterocycles. The van der Waals surface area contributed by atoms with Gasteiger partial charge in [0.05, 0.1) is 11.9 Å². The van der Waals surface area contributed by atoms with Gasteiger partial charge in [0.25, 0.3) is 0 Å². The van der Waals surface area contributed by atoms with E-state index in [2.05, 4.69) is 5.32 Å². The first-order chi connectivity index (χ1) is 16.4. The van der Waals surface area contributed by atoms with Gasteiger partial charge in [0.1, 0.15) is 6.04 Å². The first-order valence-electron chi connectivity index (χ1n) is 11.8. The molecule has 0 saturated carbocycles. The molecule has 192 valence electrons. The highest BCUT2D eigenvalue weighted by molar-refractivity contribution is 7.92. The van der Waals surface area contributed by atoms with Crippen LogP contribution in [0, 0.1) is 6.92 Å². The third-order valence-corrected chi connectivity index (χ3v) is 7.32. The number of rotatable bonds is 12. The van der Waals surface area contributed by atoms with E-state index in [1.54, 1.807) is 42.2 Å². The van der Waals surface area contributed by atoms with Gasteiger partial charge in [0.2, 0.25) is 21.8 Å². The number of hydrogen-bond acceptors (Lipinski definition) is 4. The molecule has 1 N–H and O–H groups in total. The summed E-state index contributed by atoms with van der Waals surface area (Å²) in [6, 6.07) is 13.7. The van der Waals surface area contributed by atoms with E-state index in [-0.39, 0.29) is 37.4 Å². The van der Waals surface area contributed by atoms with Gasteiger partial charge in [0, 0.05) is 30.6 Å². The topological polar surface area (TPSA) is 86.8 Å². The first-order valence-corrected chi connectivity index (χ1v) is 14.0. The minimum atomic E-state index is -3.52. The second-order valence-electron chi connectivity index (χ2n) is 8.92. The average Bonchev–Trinajstić information content (AvgIpc) is 2.79. The average molecular weight is 522 g/mol. The maximum absolute atomic E-state index is 13.3. The Balaban J connectivity index is 2.16. The lowest BCUT2D eigenvalue weighted by atomic mass is 10.1. The van der Waals surface area contributed by atoms with E-state index in [1.807, 2.05) is 39.0 Å². The zero-order valence-electron chi connectivity index (χ0n) is 21.1. The third kappa shape index (κ3) is 8.85. The number of benzene rings is 2. The fraction of sp³-hybridized carbons (Fsp3) is 0.462. The molecule has 0 aliphatic heterocycles. The summed E-state index contributed by atoms with van der Waals surface area (Å²) in [5.74, 6) is -0.441. The van der Waals surface area contributed by atoms with E-state index in [1.165, 1.54) is 4.31 Å². The summed E-state index contributed by atoms with van der Waals surface area (Å²) < 4.78 is 26.1. The molecule has 0 saturated heterocycles. The van der Waals surface area contributed by atoms with Crippen molar-refractivity contribution in [2.75, 3.05) is 17.1 Å². The number of anilines is 1. The summed E-state index contributed by atoms with van der Waals surface area (Å²) in [6.45, 7) is 7.92. The van der Waals surface area contributed by atoms with E-state index >= 15 is 0 Å². The molecule has 2 aromatic carbocycles. The minimum absolute atomic E-state index is 0.00455. The number of nitrogens with one attached hydrogen (secondary N) is 1. The minimum Gasteiger partial charge on any atom is -0.352 e. The summed E-state index contributed by atoms with van der Waals surface area (Å²) in [6.07, 6.45) is 2.36. The van der Waals surface area contributed by atoms with Crippen molar-refractivity contribution in [1.29, 1.82) is 0 Å². The predicted molar refractivity (Wildman–Crippen MR) is 142 cm³/mol. The molecule has 2 rings (SSSR count). The van der Waals surface area contributed by atoms with Crippen LogP contribution in [0.1, 0.15) is 51.2 Å². The summed E-state index contributed by atoms with van der Waals surface area (Å²) in [7, 11) is -3.52. The van der Waals surface area contributed by atoms with Gasteiger partial charge in [-0.3, -0.25) is 13.9 Å². The number of aryl methyl sites for hydroxylation is 1. The Bertz CT molecular complexity index is 1110. The molecular formula is C26H36ClN3O4S. The van der Waals surface area contributed by atoms with Crippen molar-refractivity contribution in [2.24, 2.45) is 0 Å². The van der Waals surface area contributed by atoms with Gasteiger partial charge in [0.15, 0.2) is 0 Å². The molecule has 2 amide bonds. The molecule has 9 heteroatoms. The van der Waals surface area contributed by atoms with Crippen LogP contribution >= 0.6 is 11.6 Å². The number of carbonyl (C=O) groups excluding carboxylic acids is 2. The van der Waals surface area contributed by atoms with Crippen LogP contribution in [0.5, 0.6) is 0 Å². The van der Waals surface area contributed by atoms with Crippen LogP contribution in [0.4, 0.5) is 5.69 Å². The van der Waals surface area contributed by atoms with Gasteiger partial charge in [-0.15, -0.1) is 0 Å². The quantitative estimate of drug-likeness (QED) is 0.444. The molecule has 35 heavy (non-hydrogen) atoms. The van der Waals surface area contributed by atoms with Crippen molar-refractivity contribution in [3.05, 3.63) is 64.7 Å². The molecule has 0 fully saturated rings. The number of hydrogen-bond donors (Lipinski definition) is 1. The van der Waals surface area contributed by atoms with Crippen molar-refractivity contribution in [3.63, 3.8) is 0 Å². The molecule has 2 aromatic rings. The van der Waals surface area contributed by atoms with Crippen LogP contribution < -0.4 is 9.62 Å². The fourth-order valence-electron chi connectivity index (χ4n) is 3.62. The third-order valence-electron chi connectivity index (χ3n) is 5.88. The SMILES string of the molecule is CC[C@H](C)NC(=O)[C@@H](C)N(Cc1ccc(Cl)cc1)C(=O)CCCN(c1cccc(C)c1)S(C)(=O)=O. The van der Waals surface area contributed by atoms with Gasteiger partial charge >= 0.3 is 0 Å². The van der Waals surface area contributed by atoms with Crippen molar-refractivity contribution < 1.29 is 18.0 Å². The number of sulfonamides is 1. The van der Waals surface area contributed by atoms with Crippen LogP contribution in [-0.2, 0) is 26.2 Å². The monoisotopic (exact) mass is 521 g/mol. The highest BCUT2D eigenvalue weighted by Crippen LogP contribution is 2.20. The Morgan fingerprint density at radius 2 is 1.74 bits per heavy atom. The lowest BCUT2D eigenvalue weighted by molar-refractivity contribution is -0.140. The molecule has 0 radical (unpaired) electrons. The van der Waals surface area contributed by atoms with Gasteiger partial charge in [-0.2, -0.15) is 0 Å². The maximum atomic E-state index is 13.3. The smallest absolute Gasteiger partial charge is 0.242 e. The Morgan fingerprint density at radius 3 is 2.31 bits per heavy atom. The Morgan fingerprint density at radius 1 is 1.09 bits per heavy atom. The molecule has 0 heterocycles. The van der Waals surface area contributed by atoms with Crippen LogP contribution in [0.3, 0.4) is 0 Å². The number of halogens is 1. The van der Waals surface area contributed by atoms with E-state index in [9.17, 15) is 18.0 Å². The van der Waals surface area contributed by atoms with Crippen LogP contribution in [0.25, 0.3) is 0 Å². The van der Waals surface area contributed by atoms with E-state index in [0.29, 0.717) is 17.1 Å². The van der Waals surface area contributed by atoms with Crippen LogP contribution in [0.15, 0.2) is 48.5 Å². The number of nitrogens with zero attached hydrogens (tertiary/aromatic N) is 2. The van der Waals surface area contributed by atoms with Crippen molar-refractivity contribution in [1.82, 2.24) is 10.2 Å². The normalized spacial score (nSPS) is 13.1. The van der Waals surface area contributed by atoms with Crippen LogP contribution in [0.2, 0.25) is 5.02 Å². The lowest BCUT2D eigenvalue weighted by Gasteiger charge is -2.30. The summed E-state index contributed by atoms with van der Waals surface area (Å²) in [5.41, 5.74) is 2.37. The van der Waals surface area contributed by atoms with E-state index in [4.69, 9.17) is 11.6 Å². The van der Waals surface area contributed by atoms with E-state index < -0.39 is 16.1 Å². The number of amides is 2. The molecule has 0 bridgehead atoms. The van der Waals surface area contributed by atoms with Crippen molar-refractivity contribution in [2.45, 2.75) is 65.6 Å². The van der Waals surface area contributed by atoms with E-state index in [0.717, 1.165) is 23.8 Å². The summed E-state index contributed by atoms with van der Waals surface area (Å²) in [5, 5.41) is 3.53. The summed E-state index contributed by atoms with van der Waals surface area (Å²) >= 11 is 5.99. The molecule has 0 aliphatic rings. The molecule has 0 spiro atoms. The predicted octanol–water partition coefficient (Wildman–Crippen LogP) is 4.53. The molecule has 7 nitrogen and oxygen atoms in total. The molecule has 0 unspecified atom stereocenters. The Kier molecular flexibility index (Phi) is 10.6. The zero-order valence-corrected chi connectivity index (χ0v) is 22.7. The summed E-state index contributed by atoms with van der Waals surface area (Å²) in [4.78, 5) is 27.6. The largest absolute Gasteiger partial charge is 0.352 e. The van der Waals surface area contributed by atoms with Gasteiger partial charge in [-0.1, -0.05) is 42.8 Å². The van der Waals surface area contributed by atoms with Gasteiger partial charge in [-0.25, -0.2) is 8.42 Å². The second-order valence-corrected chi connectivity index (χ2v) is 11.3. The highest BCUT2D eigenvalue weighted by atomic mass is 35.5. The zero-order chi connectivity index (χ0) is 26.2. The van der Waals surface area contributed by atoms with Gasteiger partial charge in [-0.05, 0) is 69.0 Å². The Labute approximate surface area is 214 Å². The van der Waals surface area contributed by atoms with Crippen molar-refractivity contribution in [3.8, 4) is 0 Å². The maximum Gasteiger partial charge on any atom is 0.242 e. The second kappa shape index (κ2) is 12.9. The Hall–Kier alpha value is -2.58.